The van der Waals surface area contributed by atoms with E-state index in [1.165, 1.54) is 16.6 Å². The van der Waals surface area contributed by atoms with E-state index in [0.717, 1.165) is 23.7 Å². The molecule has 2 heterocycles. The van der Waals surface area contributed by atoms with Crippen molar-refractivity contribution in [3.05, 3.63) is 48.5 Å². The molecular weight excluding hydrogens is 234 g/mol. The van der Waals surface area contributed by atoms with E-state index < -0.39 is 0 Å². The van der Waals surface area contributed by atoms with Gasteiger partial charge in [0.25, 0.3) is 0 Å². The number of anilines is 4. The van der Waals surface area contributed by atoms with Crippen molar-refractivity contribution in [2.45, 2.75) is 13.5 Å². The number of nitrogens with one attached hydrogen (secondary N) is 2. The maximum atomic E-state index is 3.55. The van der Waals surface area contributed by atoms with E-state index in [2.05, 4.69) is 70.7 Å². The Labute approximate surface area is 111 Å². The summed E-state index contributed by atoms with van der Waals surface area (Å²) in [6.07, 6.45) is 0. The van der Waals surface area contributed by atoms with Crippen molar-refractivity contribution in [1.29, 1.82) is 0 Å². The Morgan fingerprint density at radius 3 is 2.37 bits per heavy atom. The van der Waals surface area contributed by atoms with Crippen molar-refractivity contribution in [2.75, 3.05) is 10.6 Å². The second-order valence-corrected chi connectivity index (χ2v) is 4.78. The number of aryl methyl sites for hydroxylation is 1. The number of fused-ring (bicyclic) bond motifs is 4. The van der Waals surface area contributed by atoms with Gasteiger partial charge in [0, 0.05) is 11.9 Å². The quantitative estimate of drug-likeness (QED) is 0.521. The number of rotatable bonds is 1. The van der Waals surface area contributed by atoms with Gasteiger partial charge in [-0.3, -0.25) is 0 Å². The topological polar surface area (TPSA) is 29.0 Å². The highest BCUT2D eigenvalue weighted by atomic mass is 15.2. The van der Waals surface area contributed by atoms with Gasteiger partial charge in [0.1, 0.15) is 5.82 Å². The first-order chi connectivity index (χ1) is 9.38. The first-order valence-corrected chi connectivity index (χ1v) is 6.63. The second-order valence-electron chi connectivity index (χ2n) is 4.78. The lowest BCUT2D eigenvalue weighted by atomic mass is 10.2. The van der Waals surface area contributed by atoms with Crippen LogP contribution in [0.5, 0.6) is 0 Å². The fourth-order valence-electron chi connectivity index (χ4n) is 2.85. The molecular formula is C16H15N3. The van der Waals surface area contributed by atoms with Gasteiger partial charge in [0.15, 0.2) is 0 Å². The van der Waals surface area contributed by atoms with Crippen LogP contribution in [0.25, 0.3) is 10.9 Å². The Morgan fingerprint density at radius 2 is 1.58 bits per heavy atom. The molecule has 0 amide bonds. The Bertz CT molecular complexity index is 771. The minimum absolute atomic E-state index is 0.951. The van der Waals surface area contributed by atoms with Gasteiger partial charge in [-0.2, -0.15) is 0 Å². The third-order valence-corrected chi connectivity index (χ3v) is 3.73. The van der Waals surface area contributed by atoms with Gasteiger partial charge in [-0.15, -0.1) is 0 Å². The molecule has 94 valence electrons. The molecule has 0 atom stereocenters. The summed E-state index contributed by atoms with van der Waals surface area (Å²) >= 11 is 0. The van der Waals surface area contributed by atoms with E-state index in [9.17, 15) is 0 Å². The van der Waals surface area contributed by atoms with E-state index >= 15 is 0 Å². The third-order valence-electron chi connectivity index (χ3n) is 3.73. The monoisotopic (exact) mass is 249 g/mol. The number of benzene rings is 2. The first-order valence-electron chi connectivity index (χ1n) is 6.63. The van der Waals surface area contributed by atoms with Crippen LogP contribution in [0.15, 0.2) is 48.5 Å². The Hall–Kier alpha value is -2.42. The molecule has 0 saturated heterocycles. The third kappa shape index (κ3) is 1.38. The van der Waals surface area contributed by atoms with Crippen LogP contribution in [0.4, 0.5) is 22.9 Å². The standard InChI is InChI=1S/C16H15N3/c1-2-19-14-10-6-3-7-11(14)15-16(19)18-13-9-5-4-8-12(13)17-15/h3-10,17-18H,2H2,1H3. The van der Waals surface area contributed by atoms with Gasteiger partial charge in [0.05, 0.1) is 22.6 Å². The van der Waals surface area contributed by atoms with E-state index in [1.807, 2.05) is 0 Å². The van der Waals surface area contributed by atoms with Crippen molar-refractivity contribution >= 4 is 33.8 Å². The fourth-order valence-corrected chi connectivity index (χ4v) is 2.85. The minimum atomic E-state index is 0.951. The van der Waals surface area contributed by atoms with Crippen LogP contribution >= 0.6 is 0 Å². The normalized spacial score (nSPS) is 12.5. The van der Waals surface area contributed by atoms with Crippen LogP contribution < -0.4 is 10.6 Å². The molecule has 1 aromatic heterocycles. The van der Waals surface area contributed by atoms with Crippen LogP contribution in [0.3, 0.4) is 0 Å². The number of nitrogens with zero attached hydrogens (tertiary/aromatic N) is 1. The van der Waals surface area contributed by atoms with Crippen LogP contribution in [0.1, 0.15) is 6.92 Å². The predicted molar refractivity (Wildman–Crippen MR) is 80.6 cm³/mol. The summed E-state index contributed by atoms with van der Waals surface area (Å²) in [5.41, 5.74) is 4.71. The van der Waals surface area contributed by atoms with Crippen molar-refractivity contribution < 1.29 is 0 Å². The van der Waals surface area contributed by atoms with Gasteiger partial charge in [-0.1, -0.05) is 30.3 Å². The maximum absolute atomic E-state index is 3.55. The predicted octanol–water partition coefficient (Wildman–Crippen LogP) is 4.46. The minimum Gasteiger partial charge on any atom is -0.350 e. The van der Waals surface area contributed by atoms with Crippen LogP contribution in [-0.2, 0) is 6.54 Å². The molecule has 3 aromatic rings. The van der Waals surface area contributed by atoms with Crippen molar-refractivity contribution in [2.24, 2.45) is 0 Å². The molecule has 0 saturated carbocycles. The summed E-state index contributed by atoms with van der Waals surface area (Å²) in [5, 5.41) is 8.37. The lowest BCUT2D eigenvalue weighted by Crippen LogP contribution is -2.08. The summed E-state index contributed by atoms with van der Waals surface area (Å²) in [6.45, 7) is 3.13. The average Bonchev–Trinajstić information content (AvgIpc) is 2.78. The Morgan fingerprint density at radius 1 is 0.895 bits per heavy atom. The van der Waals surface area contributed by atoms with Crippen LogP contribution in [0.2, 0.25) is 0 Å². The molecule has 1 aliphatic rings. The summed E-state index contributed by atoms with van der Waals surface area (Å²) < 4.78 is 2.31. The van der Waals surface area contributed by atoms with Crippen LogP contribution in [-0.4, -0.2) is 4.57 Å². The van der Waals surface area contributed by atoms with Gasteiger partial charge >= 0.3 is 0 Å². The van der Waals surface area contributed by atoms with E-state index in [0.29, 0.717) is 0 Å². The fraction of sp³-hybridized carbons (Fsp3) is 0.125. The number of aromatic nitrogens is 1. The van der Waals surface area contributed by atoms with Gasteiger partial charge < -0.3 is 15.2 Å². The van der Waals surface area contributed by atoms with Crippen LogP contribution in [0, 0.1) is 0 Å². The summed E-state index contributed by atoms with van der Waals surface area (Å²) in [6, 6.07) is 16.8. The van der Waals surface area contributed by atoms with E-state index in [4.69, 9.17) is 0 Å². The van der Waals surface area contributed by atoms with Gasteiger partial charge in [-0.05, 0) is 25.1 Å². The summed E-state index contributed by atoms with van der Waals surface area (Å²) in [4.78, 5) is 0. The average molecular weight is 249 g/mol. The summed E-state index contributed by atoms with van der Waals surface area (Å²) in [5.74, 6) is 1.16. The molecule has 2 aromatic carbocycles. The molecule has 0 radical (unpaired) electrons. The van der Waals surface area contributed by atoms with Crippen molar-refractivity contribution in [1.82, 2.24) is 4.57 Å². The first kappa shape index (κ1) is 10.5. The summed E-state index contributed by atoms with van der Waals surface area (Å²) in [7, 11) is 0. The molecule has 0 spiro atoms. The maximum Gasteiger partial charge on any atom is 0.135 e. The number of hydrogen-bond acceptors (Lipinski definition) is 2. The Balaban J connectivity index is 2.01. The number of hydrogen-bond donors (Lipinski definition) is 2. The second kappa shape index (κ2) is 3.79. The molecule has 3 nitrogen and oxygen atoms in total. The molecule has 0 unspecified atom stereocenters. The molecule has 1 aliphatic heterocycles. The Kier molecular flexibility index (Phi) is 2.09. The largest absolute Gasteiger partial charge is 0.350 e. The molecule has 2 N–H and O–H groups in total. The lowest BCUT2D eigenvalue weighted by molar-refractivity contribution is 0.806. The molecule has 0 aliphatic carbocycles. The zero-order valence-electron chi connectivity index (χ0n) is 10.8. The molecule has 4 rings (SSSR count). The SMILES string of the molecule is CCn1c2c(c3ccccc31)Nc1ccccc1N2. The zero-order chi connectivity index (χ0) is 12.8. The van der Waals surface area contributed by atoms with Crippen molar-refractivity contribution in [3.8, 4) is 0 Å². The lowest BCUT2D eigenvalue weighted by Gasteiger charge is -2.22. The smallest absolute Gasteiger partial charge is 0.135 e. The molecule has 19 heavy (non-hydrogen) atoms. The highest BCUT2D eigenvalue weighted by Gasteiger charge is 2.21. The molecule has 0 bridgehead atoms. The number of para-hydroxylation sites is 3. The van der Waals surface area contributed by atoms with Gasteiger partial charge in [0.2, 0.25) is 0 Å². The highest BCUT2D eigenvalue weighted by Crippen LogP contribution is 2.44. The molecule has 3 heteroatoms. The van der Waals surface area contributed by atoms with E-state index in [-0.39, 0.29) is 0 Å². The molecule has 0 fully saturated rings. The van der Waals surface area contributed by atoms with Crippen molar-refractivity contribution in [3.63, 3.8) is 0 Å². The highest BCUT2D eigenvalue weighted by molar-refractivity contribution is 6.06. The zero-order valence-corrected chi connectivity index (χ0v) is 10.8. The van der Waals surface area contributed by atoms with Gasteiger partial charge in [-0.25, -0.2) is 0 Å². The van der Waals surface area contributed by atoms with E-state index in [1.54, 1.807) is 0 Å².